The van der Waals surface area contributed by atoms with Crippen molar-refractivity contribution in [2.75, 3.05) is 24.2 Å². The minimum atomic E-state index is 0.0753. The SMILES string of the molecule is CNc1nc(NCCC(=O)NC2CC2)c2cn[nH]c2n1. The Labute approximate surface area is 115 Å². The number of amides is 1. The molecule has 2 heterocycles. The van der Waals surface area contributed by atoms with Crippen molar-refractivity contribution in [2.24, 2.45) is 0 Å². The Balaban J connectivity index is 1.63. The monoisotopic (exact) mass is 275 g/mol. The molecule has 0 radical (unpaired) electrons. The standard InChI is InChI=1S/C12H17N7O/c1-13-12-17-10(8-6-15-19-11(8)18-12)14-5-4-9(20)16-7-2-3-7/h6-7H,2-5H2,1H3,(H,16,20)(H3,13,14,15,17,18,19). The molecule has 3 rings (SSSR count). The third-order valence-electron chi connectivity index (χ3n) is 3.12. The molecule has 1 amide bonds. The largest absolute Gasteiger partial charge is 0.369 e. The number of carbonyl (C=O) groups is 1. The van der Waals surface area contributed by atoms with Gasteiger partial charge in [-0.05, 0) is 12.8 Å². The van der Waals surface area contributed by atoms with E-state index < -0.39 is 0 Å². The van der Waals surface area contributed by atoms with E-state index in [9.17, 15) is 4.79 Å². The van der Waals surface area contributed by atoms with Gasteiger partial charge in [0.2, 0.25) is 11.9 Å². The Morgan fingerprint density at radius 3 is 3.05 bits per heavy atom. The van der Waals surface area contributed by atoms with E-state index in [0.717, 1.165) is 18.2 Å². The quantitative estimate of drug-likeness (QED) is 0.610. The molecule has 0 aliphatic heterocycles. The Bertz CT molecular complexity index is 619. The predicted molar refractivity (Wildman–Crippen MR) is 75.5 cm³/mol. The summed E-state index contributed by atoms with van der Waals surface area (Å²) in [6, 6.07) is 0.401. The highest BCUT2D eigenvalue weighted by Crippen LogP contribution is 2.20. The summed E-state index contributed by atoms with van der Waals surface area (Å²) in [6.07, 6.45) is 4.30. The summed E-state index contributed by atoms with van der Waals surface area (Å²) in [6.45, 7) is 0.527. The number of aromatic amines is 1. The van der Waals surface area contributed by atoms with Gasteiger partial charge in [0.15, 0.2) is 5.65 Å². The number of hydrogen-bond acceptors (Lipinski definition) is 6. The Hall–Kier alpha value is -2.38. The van der Waals surface area contributed by atoms with Crippen LogP contribution in [0.3, 0.4) is 0 Å². The van der Waals surface area contributed by atoms with Crippen LogP contribution < -0.4 is 16.0 Å². The van der Waals surface area contributed by atoms with Crippen molar-refractivity contribution in [3.8, 4) is 0 Å². The van der Waals surface area contributed by atoms with Gasteiger partial charge in [0.1, 0.15) is 5.82 Å². The molecule has 0 bridgehead atoms. The summed E-state index contributed by atoms with van der Waals surface area (Å²) >= 11 is 0. The molecule has 0 aromatic carbocycles. The lowest BCUT2D eigenvalue weighted by Crippen LogP contribution is -2.27. The molecule has 4 N–H and O–H groups in total. The maximum absolute atomic E-state index is 11.6. The van der Waals surface area contributed by atoms with Crippen LogP contribution in [0, 0.1) is 0 Å². The van der Waals surface area contributed by atoms with Crippen LogP contribution in [-0.4, -0.2) is 45.7 Å². The molecule has 0 unspecified atom stereocenters. The molecule has 2 aromatic rings. The van der Waals surface area contributed by atoms with E-state index in [0.29, 0.717) is 36.4 Å². The van der Waals surface area contributed by atoms with Gasteiger partial charge >= 0.3 is 0 Å². The maximum atomic E-state index is 11.6. The predicted octanol–water partition coefficient (Wildman–Crippen LogP) is 0.475. The molecule has 2 aromatic heterocycles. The lowest BCUT2D eigenvalue weighted by atomic mass is 10.3. The summed E-state index contributed by atoms with van der Waals surface area (Å²) in [7, 11) is 1.75. The zero-order valence-corrected chi connectivity index (χ0v) is 11.2. The van der Waals surface area contributed by atoms with E-state index in [-0.39, 0.29) is 5.91 Å². The Kier molecular flexibility index (Phi) is 3.36. The van der Waals surface area contributed by atoms with Crippen molar-refractivity contribution in [3.05, 3.63) is 6.20 Å². The summed E-state index contributed by atoms with van der Waals surface area (Å²) in [5.41, 5.74) is 0.661. The van der Waals surface area contributed by atoms with Crippen LogP contribution in [0.5, 0.6) is 0 Å². The maximum Gasteiger partial charge on any atom is 0.226 e. The van der Waals surface area contributed by atoms with Gasteiger partial charge in [0, 0.05) is 26.1 Å². The molecule has 20 heavy (non-hydrogen) atoms. The first-order valence-electron chi connectivity index (χ1n) is 6.68. The average molecular weight is 275 g/mol. The van der Waals surface area contributed by atoms with Crippen molar-refractivity contribution in [1.82, 2.24) is 25.5 Å². The second-order valence-electron chi connectivity index (χ2n) is 4.80. The van der Waals surface area contributed by atoms with E-state index in [2.05, 4.69) is 36.1 Å². The van der Waals surface area contributed by atoms with Gasteiger partial charge in [0.05, 0.1) is 11.6 Å². The number of nitrogens with zero attached hydrogens (tertiary/aromatic N) is 3. The van der Waals surface area contributed by atoms with Crippen LogP contribution >= 0.6 is 0 Å². The van der Waals surface area contributed by atoms with Crippen molar-refractivity contribution < 1.29 is 4.79 Å². The van der Waals surface area contributed by atoms with Gasteiger partial charge in [-0.25, -0.2) is 0 Å². The number of fused-ring (bicyclic) bond motifs is 1. The van der Waals surface area contributed by atoms with Gasteiger partial charge in [-0.15, -0.1) is 0 Å². The molecule has 1 saturated carbocycles. The zero-order chi connectivity index (χ0) is 13.9. The lowest BCUT2D eigenvalue weighted by Gasteiger charge is -2.08. The van der Waals surface area contributed by atoms with Crippen molar-refractivity contribution in [2.45, 2.75) is 25.3 Å². The first kappa shape index (κ1) is 12.6. The van der Waals surface area contributed by atoms with E-state index in [1.54, 1.807) is 13.2 Å². The number of carbonyl (C=O) groups excluding carboxylic acids is 1. The minimum Gasteiger partial charge on any atom is -0.369 e. The van der Waals surface area contributed by atoms with E-state index in [4.69, 9.17) is 0 Å². The van der Waals surface area contributed by atoms with Crippen LogP contribution in [0.2, 0.25) is 0 Å². The topological polar surface area (TPSA) is 108 Å². The third kappa shape index (κ3) is 2.79. The van der Waals surface area contributed by atoms with Gasteiger partial charge in [0.25, 0.3) is 0 Å². The van der Waals surface area contributed by atoms with Gasteiger partial charge in [-0.2, -0.15) is 15.1 Å². The third-order valence-corrected chi connectivity index (χ3v) is 3.12. The fourth-order valence-corrected chi connectivity index (χ4v) is 1.90. The fraction of sp³-hybridized carbons (Fsp3) is 0.500. The van der Waals surface area contributed by atoms with Crippen LogP contribution in [0.15, 0.2) is 6.20 Å². The second kappa shape index (κ2) is 5.32. The van der Waals surface area contributed by atoms with Crippen molar-refractivity contribution in [1.29, 1.82) is 0 Å². The molecule has 0 saturated heterocycles. The molecule has 1 aliphatic carbocycles. The Morgan fingerprint density at radius 2 is 2.30 bits per heavy atom. The molecular formula is C12H17N7O. The van der Waals surface area contributed by atoms with Crippen LogP contribution in [0.25, 0.3) is 11.0 Å². The van der Waals surface area contributed by atoms with Crippen LogP contribution in [0.1, 0.15) is 19.3 Å². The first-order valence-corrected chi connectivity index (χ1v) is 6.68. The smallest absolute Gasteiger partial charge is 0.226 e. The lowest BCUT2D eigenvalue weighted by molar-refractivity contribution is -0.120. The highest BCUT2D eigenvalue weighted by Gasteiger charge is 2.22. The molecule has 0 spiro atoms. The summed E-state index contributed by atoms with van der Waals surface area (Å²) in [5.74, 6) is 1.25. The fourth-order valence-electron chi connectivity index (χ4n) is 1.90. The number of aromatic nitrogens is 4. The van der Waals surface area contributed by atoms with Gasteiger partial charge < -0.3 is 16.0 Å². The molecular weight excluding hydrogens is 258 g/mol. The number of hydrogen-bond donors (Lipinski definition) is 4. The average Bonchev–Trinajstić information content (AvgIpc) is 3.12. The van der Waals surface area contributed by atoms with Gasteiger partial charge in [-0.3, -0.25) is 9.89 Å². The number of anilines is 2. The van der Waals surface area contributed by atoms with Crippen LogP contribution in [0.4, 0.5) is 11.8 Å². The Morgan fingerprint density at radius 1 is 1.45 bits per heavy atom. The first-order chi connectivity index (χ1) is 9.76. The molecule has 8 heteroatoms. The zero-order valence-electron chi connectivity index (χ0n) is 11.2. The van der Waals surface area contributed by atoms with Gasteiger partial charge in [-0.1, -0.05) is 0 Å². The summed E-state index contributed by atoms with van der Waals surface area (Å²) < 4.78 is 0. The second-order valence-corrected chi connectivity index (χ2v) is 4.80. The molecule has 0 atom stereocenters. The highest BCUT2D eigenvalue weighted by atomic mass is 16.1. The van der Waals surface area contributed by atoms with Crippen molar-refractivity contribution >= 4 is 28.7 Å². The van der Waals surface area contributed by atoms with E-state index in [1.807, 2.05) is 0 Å². The van der Waals surface area contributed by atoms with Crippen molar-refractivity contribution in [3.63, 3.8) is 0 Å². The molecule has 106 valence electrons. The number of H-pyrrole nitrogens is 1. The van der Waals surface area contributed by atoms with Crippen LogP contribution in [-0.2, 0) is 4.79 Å². The summed E-state index contributed by atoms with van der Waals surface area (Å²) in [4.78, 5) is 20.2. The highest BCUT2D eigenvalue weighted by molar-refractivity contribution is 5.87. The van der Waals surface area contributed by atoms with E-state index >= 15 is 0 Å². The normalized spacial score (nSPS) is 14.2. The molecule has 1 fully saturated rings. The number of rotatable bonds is 6. The molecule has 8 nitrogen and oxygen atoms in total. The molecule has 1 aliphatic rings. The number of nitrogens with one attached hydrogen (secondary N) is 4. The summed E-state index contributed by atoms with van der Waals surface area (Å²) in [5, 5.41) is 16.6. The van der Waals surface area contributed by atoms with E-state index in [1.165, 1.54) is 0 Å². The minimum absolute atomic E-state index is 0.0753.